The highest BCUT2D eigenvalue weighted by Crippen LogP contribution is 2.29. The second kappa shape index (κ2) is 9.03. The molecule has 24 heavy (non-hydrogen) atoms. The number of methoxy groups -OCH3 is 1. The summed E-state index contributed by atoms with van der Waals surface area (Å²) >= 11 is 1.68. The van der Waals surface area contributed by atoms with Gasteiger partial charge < -0.3 is 20.1 Å². The average Bonchev–Trinajstić information content (AvgIpc) is 3.09. The van der Waals surface area contributed by atoms with Crippen LogP contribution in [0.1, 0.15) is 4.88 Å². The van der Waals surface area contributed by atoms with Crippen molar-refractivity contribution in [2.45, 2.75) is 12.6 Å². The molecule has 1 aliphatic rings. The first kappa shape index (κ1) is 18.7. The van der Waals surface area contributed by atoms with Gasteiger partial charge in [-0.2, -0.15) is 0 Å². The fourth-order valence-electron chi connectivity index (χ4n) is 2.41. The quantitative estimate of drug-likeness (QED) is 0.851. The Morgan fingerprint density at radius 3 is 2.79 bits per heavy atom. The molecule has 3 rings (SSSR count). The van der Waals surface area contributed by atoms with Gasteiger partial charge in [-0.1, -0.05) is 0 Å². The van der Waals surface area contributed by atoms with Crippen molar-refractivity contribution in [1.82, 2.24) is 10.6 Å². The van der Waals surface area contributed by atoms with E-state index in [0.717, 1.165) is 22.7 Å². The molecule has 2 heterocycles. The Bertz CT molecular complexity index is 654. The zero-order valence-electron chi connectivity index (χ0n) is 13.4. The average molecular weight is 369 g/mol. The third-order valence-electron chi connectivity index (χ3n) is 3.71. The zero-order valence-corrected chi connectivity index (χ0v) is 15.0. The number of hydrogen-bond donors (Lipinski definition) is 2. The molecule has 130 valence electrons. The van der Waals surface area contributed by atoms with Gasteiger partial charge in [0.1, 0.15) is 11.8 Å². The molecule has 1 aromatic carbocycles. The molecule has 5 nitrogen and oxygen atoms in total. The van der Waals surface area contributed by atoms with Gasteiger partial charge >= 0.3 is 0 Å². The Kier molecular flexibility index (Phi) is 7.05. The minimum absolute atomic E-state index is 0. The number of carbonyl (C=O) groups excluding carboxylic acids is 1. The van der Waals surface area contributed by atoms with Crippen molar-refractivity contribution < 1.29 is 14.3 Å². The Hall–Kier alpha value is -1.60. The van der Waals surface area contributed by atoms with Gasteiger partial charge in [0.05, 0.1) is 26.9 Å². The van der Waals surface area contributed by atoms with Crippen molar-refractivity contribution in [3.8, 4) is 16.2 Å². The highest BCUT2D eigenvalue weighted by molar-refractivity contribution is 7.15. The zero-order chi connectivity index (χ0) is 16.1. The Labute approximate surface area is 151 Å². The molecule has 0 saturated carbocycles. The van der Waals surface area contributed by atoms with Gasteiger partial charge in [0.2, 0.25) is 5.91 Å². The molecular formula is C17H21ClN2O3S. The molecule has 2 aromatic rings. The molecular weight excluding hydrogens is 348 g/mol. The van der Waals surface area contributed by atoms with Gasteiger partial charge in [-0.15, -0.1) is 23.7 Å². The maximum Gasteiger partial charge on any atom is 0.239 e. The number of morpholine rings is 1. The van der Waals surface area contributed by atoms with Crippen LogP contribution in [0.25, 0.3) is 10.4 Å². The summed E-state index contributed by atoms with van der Waals surface area (Å²) in [6, 6.07) is 11.9. The lowest BCUT2D eigenvalue weighted by atomic mass is 10.2. The van der Waals surface area contributed by atoms with E-state index < -0.39 is 0 Å². The molecule has 1 atom stereocenters. The SMILES string of the molecule is COc1ccc(-c2ccc(CNC(=O)C3COCCN3)s2)cc1.Cl. The van der Waals surface area contributed by atoms with Crippen LogP contribution in [-0.2, 0) is 16.1 Å². The summed E-state index contributed by atoms with van der Waals surface area (Å²) in [7, 11) is 1.66. The van der Waals surface area contributed by atoms with Crippen molar-refractivity contribution in [3.05, 3.63) is 41.3 Å². The predicted octanol–water partition coefficient (Wildman–Crippen LogP) is 2.45. The first-order valence-corrected chi connectivity index (χ1v) is 8.40. The summed E-state index contributed by atoms with van der Waals surface area (Å²) in [4.78, 5) is 14.4. The number of rotatable bonds is 5. The number of halogens is 1. The predicted molar refractivity (Wildman–Crippen MR) is 98.0 cm³/mol. The van der Waals surface area contributed by atoms with Crippen LogP contribution in [0, 0.1) is 0 Å². The fourth-order valence-corrected chi connectivity index (χ4v) is 3.37. The van der Waals surface area contributed by atoms with E-state index in [0.29, 0.717) is 19.8 Å². The molecule has 0 bridgehead atoms. The van der Waals surface area contributed by atoms with Crippen LogP contribution in [-0.4, -0.2) is 38.8 Å². The van der Waals surface area contributed by atoms with Gasteiger partial charge in [-0.05, 0) is 42.0 Å². The van der Waals surface area contributed by atoms with E-state index in [2.05, 4.69) is 22.8 Å². The summed E-state index contributed by atoms with van der Waals surface area (Å²) in [5.74, 6) is 0.837. The second-order valence-corrected chi connectivity index (χ2v) is 6.46. The van der Waals surface area contributed by atoms with E-state index in [1.54, 1.807) is 18.4 Å². The standard InChI is InChI=1S/C17H20N2O3S.ClH/c1-21-13-4-2-12(3-5-13)16-7-6-14(23-16)10-19-17(20)15-11-22-9-8-18-15;/h2-7,15,18H,8-11H2,1H3,(H,19,20);1H. The van der Waals surface area contributed by atoms with Crippen LogP contribution in [0.15, 0.2) is 36.4 Å². The van der Waals surface area contributed by atoms with Crippen molar-refractivity contribution in [3.63, 3.8) is 0 Å². The summed E-state index contributed by atoms with van der Waals surface area (Å²) in [5, 5.41) is 6.11. The molecule has 1 fully saturated rings. The first-order valence-electron chi connectivity index (χ1n) is 7.58. The van der Waals surface area contributed by atoms with E-state index in [-0.39, 0.29) is 24.4 Å². The minimum atomic E-state index is -0.246. The van der Waals surface area contributed by atoms with Crippen molar-refractivity contribution in [1.29, 1.82) is 0 Å². The van der Waals surface area contributed by atoms with Gasteiger partial charge in [0.25, 0.3) is 0 Å². The van der Waals surface area contributed by atoms with Crippen LogP contribution in [0.5, 0.6) is 5.75 Å². The highest BCUT2D eigenvalue weighted by atomic mass is 35.5. The molecule has 0 aliphatic carbocycles. The smallest absolute Gasteiger partial charge is 0.239 e. The fraction of sp³-hybridized carbons (Fsp3) is 0.353. The number of amides is 1. The summed E-state index contributed by atoms with van der Waals surface area (Å²) in [5.41, 5.74) is 1.15. The van der Waals surface area contributed by atoms with E-state index in [9.17, 15) is 4.79 Å². The number of hydrogen-bond acceptors (Lipinski definition) is 5. The lowest BCUT2D eigenvalue weighted by molar-refractivity contribution is -0.126. The number of thiophene rings is 1. The number of benzene rings is 1. The maximum atomic E-state index is 12.1. The third kappa shape index (κ3) is 4.70. The number of nitrogens with one attached hydrogen (secondary N) is 2. The molecule has 1 aliphatic heterocycles. The minimum Gasteiger partial charge on any atom is -0.497 e. The van der Waals surface area contributed by atoms with Gasteiger partial charge in [0.15, 0.2) is 0 Å². The largest absolute Gasteiger partial charge is 0.497 e. The Morgan fingerprint density at radius 1 is 1.33 bits per heavy atom. The van der Waals surface area contributed by atoms with Crippen molar-refractivity contribution >= 4 is 29.7 Å². The molecule has 1 unspecified atom stereocenters. The number of carbonyl (C=O) groups is 1. The molecule has 1 aromatic heterocycles. The van der Waals surface area contributed by atoms with Crippen LogP contribution >= 0.6 is 23.7 Å². The van der Waals surface area contributed by atoms with Crippen LogP contribution < -0.4 is 15.4 Å². The van der Waals surface area contributed by atoms with E-state index in [1.165, 1.54) is 4.88 Å². The lowest BCUT2D eigenvalue weighted by Gasteiger charge is -2.22. The highest BCUT2D eigenvalue weighted by Gasteiger charge is 2.20. The molecule has 1 saturated heterocycles. The van der Waals surface area contributed by atoms with Gasteiger partial charge in [0, 0.05) is 16.3 Å². The number of ether oxygens (including phenoxy) is 2. The molecule has 7 heteroatoms. The first-order chi connectivity index (χ1) is 11.3. The summed E-state index contributed by atoms with van der Waals surface area (Å²) in [6.45, 7) is 2.36. The van der Waals surface area contributed by atoms with Gasteiger partial charge in [-0.25, -0.2) is 0 Å². The van der Waals surface area contributed by atoms with E-state index in [4.69, 9.17) is 9.47 Å². The molecule has 2 N–H and O–H groups in total. The lowest BCUT2D eigenvalue weighted by Crippen LogP contribution is -2.50. The maximum absolute atomic E-state index is 12.1. The third-order valence-corrected chi connectivity index (χ3v) is 4.85. The normalized spacial score (nSPS) is 17.0. The van der Waals surface area contributed by atoms with Crippen LogP contribution in [0.3, 0.4) is 0 Å². The molecule has 1 amide bonds. The van der Waals surface area contributed by atoms with Crippen molar-refractivity contribution in [2.24, 2.45) is 0 Å². The Morgan fingerprint density at radius 2 is 2.12 bits per heavy atom. The van der Waals surface area contributed by atoms with Gasteiger partial charge in [-0.3, -0.25) is 4.79 Å². The summed E-state index contributed by atoms with van der Waals surface area (Å²) < 4.78 is 10.5. The second-order valence-electron chi connectivity index (χ2n) is 5.29. The molecule has 0 radical (unpaired) electrons. The Balaban J connectivity index is 0.00000208. The topological polar surface area (TPSA) is 59.6 Å². The summed E-state index contributed by atoms with van der Waals surface area (Å²) in [6.07, 6.45) is 0. The van der Waals surface area contributed by atoms with E-state index in [1.807, 2.05) is 24.3 Å². The van der Waals surface area contributed by atoms with E-state index >= 15 is 0 Å². The molecule has 0 spiro atoms. The van der Waals surface area contributed by atoms with Crippen LogP contribution in [0.2, 0.25) is 0 Å². The monoisotopic (exact) mass is 368 g/mol. The van der Waals surface area contributed by atoms with Crippen molar-refractivity contribution in [2.75, 3.05) is 26.9 Å². The van der Waals surface area contributed by atoms with Crippen LogP contribution in [0.4, 0.5) is 0 Å².